The normalized spacial score (nSPS) is 12.0. The van der Waals surface area contributed by atoms with E-state index in [-0.39, 0.29) is 0 Å². The van der Waals surface area contributed by atoms with E-state index in [0.717, 1.165) is 88.2 Å². The maximum absolute atomic E-state index is 6.66. The summed E-state index contributed by atoms with van der Waals surface area (Å²) in [6, 6.07) is 39.1. The van der Waals surface area contributed by atoms with Crippen LogP contribution in [0, 0.1) is 0 Å². The number of hydrogen-bond acceptors (Lipinski definition) is 4. The zero-order valence-electron chi connectivity index (χ0n) is 21.6. The Morgan fingerprint density at radius 3 is 1.59 bits per heavy atom. The maximum atomic E-state index is 6.66. The van der Waals surface area contributed by atoms with E-state index in [1.54, 1.807) is 0 Å². The third kappa shape index (κ3) is 3.11. The topological polar surface area (TPSA) is 51.5 Å². The zero-order chi connectivity index (χ0) is 27.1. The molecule has 3 aromatic heterocycles. The fraction of sp³-hybridized carbons (Fsp3) is 0. The van der Waals surface area contributed by atoms with Crippen molar-refractivity contribution in [3.05, 3.63) is 115 Å². The molecule has 0 atom stereocenters. The Hall–Kier alpha value is -5.19. The van der Waals surface area contributed by atoms with Gasteiger partial charge in [-0.15, -0.1) is 0 Å². The number of halogens is 1. The molecule has 194 valence electrons. The number of nitrogens with one attached hydrogen (secondary N) is 1. The minimum atomic E-state index is 0.707. The smallest absolute Gasteiger partial charge is 0.160 e. The fourth-order valence-electron chi connectivity index (χ4n) is 6.35. The van der Waals surface area contributed by atoms with E-state index in [1.165, 1.54) is 0 Å². The Kier molecular flexibility index (Phi) is 4.63. The number of furan rings is 3. The van der Waals surface area contributed by atoms with Gasteiger partial charge < -0.3 is 13.3 Å². The minimum Gasteiger partial charge on any atom is -0.455 e. The van der Waals surface area contributed by atoms with Crippen molar-refractivity contribution in [1.29, 1.82) is 0 Å². The summed E-state index contributed by atoms with van der Waals surface area (Å²) in [7, 11) is 0. The van der Waals surface area contributed by atoms with E-state index in [9.17, 15) is 0 Å². The van der Waals surface area contributed by atoms with Gasteiger partial charge in [-0.3, -0.25) is 4.84 Å². The van der Waals surface area contributed by atoms with E-state index < -0.39 is 0 Å². The minimum absolute atomic E-state index is 0.707. The van der Waals surface area contributed by atoms with Crippen molar-refractivity contribution in [3.8, 4) is 22.3 Å². The maximum Gasteiger partial charge on any atom is 0.160 e. The summed E-state index contributed by atoms with van der Waals surface area (Å²) in [5.41, 5.74) is 9.71. The van der Waals surface area contributed by atoms with E-state index in [1.807, 2.05) is 54.6 Å². The van der Waals surface area contributed by atoms with Crippen LogP contribution in [0.5, 0.6) is 0 Å². The van der Waals surface area contributed by atoms with Crippen LogP contribution in [0.1, 0.15) is 0 Å². The summed E-state index contributed by atoms with van der Waals surface area (Å²) in [5.74, 6) is 0. The second-order valence-electron chi connectivity index (χ2n) is 10.3. The molecular formula is C36H20ClNO3. The first-order valence-corrected chi connectivity index (χ1v) is 13.8. The SMILES string of the molecule is ClNc1ccc(-c2ccc(-c3cccc4c3oc3ccccc34)c3c2oc2ccccc23)c2c1oc1ccccc12. The average Bonchev–Trinajstić information content (AvgIpc) is 3.72. The lowest BCUT2D eigenvalue weighted by atomic mass is 9.92. The molecule has 0 amide bonds. The van der Waals surface area contributed by atoms with Crippen LogP contribution >= 0.6 is 11.8 Å². The summed E-state index contributed by atoms with van der Waals surface area (Å²) in [5, 5.41) is 6.31. The van der Waals surface area contributed by atoms with E-state index >= 15 is 0 Å². The first-order chi connectivity index (χ1) is 20.3. The first kappa shape index (κ1) is 22.6. The highest BCUT2D eigenvalue weighted by Crippen LogP contribution is 2.47. The molecule has 41 heavy (non-hydrogen) atoms. The number of benzene rings is 6. The molecule has 0 saturated carbocycles. The zero-order valence-corrected chi connectivity index (χ0v) is 22.3. The monoisotopic (exact) mass is 549 g/mol. The van der Waals surface area contributed by atoms with Crippen LogP contribution in [0.25, 0.3) is 88.1 Å². The molecule has 0 unspecified atom stereocenters. The second kappa shape index (κ2) is 8.40. The van der Waals surface area contributed by atoms with Gasteiger partial charge in [-0.05, 0) is 41.5 Å². The summed E-state index contributed by atoms with van der Waals surface area (Å²) in [4.78, 5) is 2.77. The molecule has 9 rings (SSSR count). The molecule has 0 bridgehead atoms. The predicted octanol–water partition coefficient (Wildman–Crippen LogP) is 11.3. The van der Waals surface area contributed by atoms with Crippen molar-refractivity contribution in [2.45, 2.75) is 0 Å². The summed E-state index contributed by atoms with van der Waals surface area (Å²) in [6.45, 7) is 0. The lowest BCUT2D eigenvalue weighted by Crippen LogP contribution is -1.87. The highest BCUT2D eigenvalue weighted by atomic mass is 35.5. The molecule has 0 aliphatic heterocycles. The number of para-hydroxylation sites is 4. The molecule has 0 aliphatic rings. The van der Waals surface area contributed by atoms with Gasteiger partial charge in [0.1, 0.15) is 27.9 Å². The van der Waals surface area contributed by atoms with Crippen molar-refractivity contribution in [2.24, 2.45) is 0 Å². The van der Waals surface area contributed by atoms with Crippen LogP contribution in [0.2, 0.25) is 0 Å². The summed E-state index contributed by atoms with van der Waals surface area (Å²) < 4.78 is 19.4. The van der Waals surface area contributed by atoms with Gasteiger partial charge in [0.2, 0.25) is 0 Å². The third-order valence-corrected chi connectivity index (χ3v) is 8.34. The van der Waals surface area contributed by atoms with Crippen LogP contribution in [-0.4, -0.2) is 0 Å². The number of fused-ring (bicyclic) bond motifs is 9. The van der Waals surface area contributed by atoms with E-state index in [4.69, 9.17) is 25.0 Å². The molecule has 0 radical (unpaired) electrons. The third-order valence-electron chi connectivity index (χ3n) is 8.14. The van der Waals surface area contributed by atoms with Gasteiger partial charge in [0.05, 0.1) is 5.69 Å². The van der Waals surface area contributed by atoms with Gasteiger partial charge in [0, 0.05) is 55.2 Å². The lowest BCUT2D eigenvalue weighted by Gasteiger charge is -2.11. The molecule has 4 nitrogen and oxygen atoms in total. The molecular weight excluding hydrogens is 530 g/mol. The molecule has 3 heterocycles. The van der Waals surface area contributed by atoms with E-state index in [2.05, 4.69) is 65.5 Å². The highest BCUT2D eigenvalue weighted by molar-refractivity contribution is 6.28. The number of anilines is 1. The van der Waals surface area contributed by atoms with Gasteiger partial charge in [0.15, 0.2) is 5.58 Å². The van der Waals surface area contributed by atoms with Crippen LogP contribution in [0.4, 0.5) is 5.69 Å². The van der Waals surface area contributed by atoms with Gasteiger partial charge in [0.25, 0.3) is 0 Å². The van der Waals surface area contributed by atoms with Crippen molar-refractivity contribution in [3.63, 3.8) is 0 Å². The van der Waals surface area contributed by atoms with Crippen LogP contribution in [-0.2, 0) is 0 Å². The van der Waals surface area contributed by atoms with Crippen molar-refractivity contribution in [1.82, 2.24) is 0 Å². The highest BCUT2D eigenvalue weighted by Gasteiger charge is 2.23. The van der Waals surface area contributed by atoms with Gasteiger partial charge in [-0.2, -0.15) is 0 Å². The standard InChI is InChI=1S/C36H20ClNO3/c37-38-28-19-18-22(33-27-10-3-6-15-31(27)41-36(28)33)25-17-16-21(32-26-9-2-5-14-30(26)40-35(25)32)24-12-7-11-23-20-8-1-4-13-29(20)39-34(23)24/h1-19,38H. The first-order valence-electron chi connectivity index (χ1n) is 13.5. The number of rotatable bonds is 3. The predicted molar refractivity (Wildman–Crippen MR) is 169 cm³/mol. The van der Waals surface area contributed by atoms with Gasteiger partial charge in [-0.1, -0.05) is 84.9 Å². The molecule has 0 spiro atoms. The molecule has 1 N–H and O–H groups in total. The lowest BCUT2D eigenvalue weighted by molar-refractivity contribution is 0.669. The van der Waals surface area contributed by atoms with Crippen LogP contribution < -0.4 is 4.84 Å². The van der Waals surface area contributed by atoms with Gasteiger partial charge in [-0.25, -0.2) is 0 Å². The van der Waals surface area contributed by atoms with Crippen molar-refractivity contribution >= 4 is 83.3 Å². The largest absolute Gasteiger partial charge is 0.455 e. The van der Waals surface area contributed by atoms with Gasteiger partial charge >= 0.3 is 0 Å². The fourth-order valence-corrected chi connectivity index (χ4v) is 6.50. The van der Waals surface area contributed by atoms with Crippen LogP contribution in [0.3, 0.4) is 0 Å². The molecule has 9 aromatic rings. The quantitative estimate of drug-likeness (QED) is 0.223. The Labute approximate surface area is 238 Å². The van der Waals surface area contributed by atoms with Crippen molar-refractivity contribution in [2.75, 3.05) is 4.84 Å². The summed E-state index contributed by atoms with van der Waals surface area (Å²) >= 11 is 6.11. The molecule has 6 aromatic carbocycles. The second-order valence-corrected chi connectivity index (χ2v) is 10.5. The molecule has 5 heteroatoms. The molecule has 0 saturated heterocycles. The Bertz CT molecular complexity index is 2480. The Morgan fingerprint density at radius 1 is 0.390 bits per heavy atom. The Balaban J connectivity index is 1.41. The van der Waals surface area contributed by atoms with E-state index in [0.29, 0.717) is 5.58 Å². The molecule has 0 aliphatic carbocycles. The van der Waals surface area contributed by atoms with Crippen molar-refractivity contribution < 1.29 is 13.3 Å². The average molecular weight is 550 g/mol. The number of hydrogen-bond donors (Lipinski definition) is 1. The van der Waals surface area contributed by atoms with Crippen LogP contribution in [0.15, 0.2) is 129 Å². The Morgan fingerprint density at radius 2 is 0.878 bits per heavy atom. The molecule has 0 fully saturated rings. The summed E-state index contributed by atoms with van der Waals surface area (Å²) in [6.07, 6.45) is 0.